The number of carbonyl (C=O) groups is 1. The summed E-state index contributed by atoms with van der Waals surface area (Å²) < 4.78 is 23.2. The highest BCUT2D eigenvalue weighted by Crippen LogP contribution is 2.33. The Kier molecular flexibility index (Phi) is 3.79. The highest BCUT2D eigenvalue weighted by atomic mass is 32.2. The molecule has 0 aromatic heterocycles. The molecule has 2 heterocycles. The molecule has 3 fully saturated rings. The lowest BCUT2D eigenvalue weighted by molar-refractivity contribution is -0.130. The molecule has 0 aromatic rings. The van der Waals surface area contributed by atoms with E-state index in [1.807, 2.05) is 11.8 Å². The SMILES string of the molecule is CC1NC(C2CCCC2)N(CC2CCS(=O)(=O)C2)C1=O. The van der Waals surface area contributed by atoms with Crippen LogP contribution in [0.2, 0.25) is 0 Å². The molecule has 5 nitrogen and oxygen atoms in total. The molecule has 0 radical (unpaired) electrons. The van der Waals surface area contributed by atoms with E-state index in [-0.39, 0.29) is 35.5 Å². The number of nitrogens with zero attached hydrogens (tertiary/aromatic N) is 1. The first-order valence-electron chi connectivity index (χ1n) is 7.73. The van der Waals surface area contributed by atoms with Crippen molar-refractivity contribution in [2.45, 2.75) is 51.2 Å². The second-order valence-electron chi connectivity index (χ2n) is 6.64. The van der Waals surface area contributed by atoms with Gasteiger partial charge in [0, 0.05) is 6.54 Å². The second-order valence-corrected chi connectivity index (χ2v) is 8.87. The molecule has 2 saturated heterocycles. The van der Waals surface area contributed by atoms with Crippen LogP contribution in [-0.4, -0.2) is 49.5 Å². The largest absolute Gasteiger partial charge is 0.325 e. The molecule has 1 N–H and O–H groups in total. The first-order chi connectivity index (χ1) is 9.46. The van der Waals surface area contributed by atoms with Gasteiger partial charge in [0.05, 0.1) is 23.7 Å². The highest BCUT2D eigenvalue weighted by Gasteiger charge is 2.43. The predicted octanol–water partition coefficient (Wildman–Crippen LogP) is 0.758. The molecule has 2 aliphatic heterocycles. The van der Waals surface area contributed by atoms with Gasteiger partial charge in [0.25, 0.3) is 0 Å². The van der Waals surface area contributed by atoms with E-state index in [0.29, 0.717) is 18.9 Å². The molecule has 3 atom stereocenters. The number of sulfone groups is 1. The van der Waals surface area contributed by atoms with Gasteiger partial charge in [-0.15, -0.1) is 0 Å². The first kappa shape index (κ1) is 14.3. The van der Waals surface area contributed by atoms with Gasteiger partial charge in [0.1, 0.15) is 0 Å². The van der Waals surface area contributed by atoms with Crippen molar-refractivity contribution in [3.05, 3.63) is 0 Å². The Hall–Kier alpha value is -0.620. The van der Waals surface area contributed by atoms with E-state index in [2.05, 4.69) is 5.32 Å². The summed E-state index contributed by atoms with van der Waals surface area (Å²) in [5.74, 6) is 1.35. The van der Waals surface area contributed by atoms with E-state index in [9.17, 15) is 13.2 Å². The summed E-state index contributed by atoms with van der Waals surface area (Å²) in [6.07, 6.45) is 5.68. The van der Waals surface area contributed by atoms with Crippen molar-refractivity contribution in [2.24, 2.45) is 11.8 Å². The van der Waals surface area contributed by atoms with Crippen LogP contribution in [0.1, 0.15) is 39.0 Å². The Morgan fingerprint density at radius 2 is 1.95 bits per heavy atom. The van der Waals surface area contributed by atoms with Crippen molar-refractivity contribution in [3.63, 3.8) is 0 Å². The number of hydrogen-bond donors (Lipinski definition) is 1. The predicted molar refractivity (Wildman–Crippen MR) is 76.8 cm³/mol. The fourth-order valence-electron chi connectivity index (χ4n) is 3.96. The molecule has 0 aromatic carbocycles. The monoisotopic (exact) mass is 300 g/mol. The van der Waals surface area contributed by atoms with E-state index in [0.717, 1.165) is 0 Å². The normalized spacial score (nSPS) is 38.0. The zero-order valence-electron chi connectivity index (χ0n) is 12.0. The Morgan fingerprint density at radius 1 is 1.25 bits per heavy atom. The highest BCUT2D eigenvalue weighted by molar-refractivity contribution is 7.91. The Morgan fingerprint density at radius 3 is 2.55 bits per heavy atom. The number of carbonyl (C=O) groups excluding carboxylic acids is 1. The zero-order valence-corrected chi connectivity index (χ0v) is 12.9. The molecule has 20 heavy (non-hydrogen) atoms. The van der Waals surface area contributed by atoms with E-state index in [1.54, 1.807) is 0 Å². The van der Waals surface area contributed by atoms with Crippen LogP contribution < -0.4 is 5.32 Å². The second kappa shape index (κ2) is 5.30. The summed E-state index contributed by atoms with van der Waals surface area (Å²) in [6.45, 7) is 2.52. The van der Waals surface area contributed by atoms with Crippen LogP contribution in [-0.2, 0) is 14.6 Å². The molecule has 3 unspecified atom stereocenters. The number of hydrogen-bond acceptors (Lipinski definition) is 4. The average Bonchev–Trinajstić information content (AvgIpc) is 3.06. The van der Waals surface area contributed by atoms with Crippen LogP contribution in [0.3, 0.4) is 0 Å². The van der Waals surface area contributed by atoms with Crippen LogP contribution in [0.5, 0.6) is 0 Å². The van der Waals surface area contributed by atoms with Crippen LogP contribution in [0.15, 0.2) is 0 Å². The Bertz CT molecular complexity index is 485. The van der Waals surface area contributed by atoms with E-state index in [1.165, 1.54) is 25.7 Å². The maximum atomic E-state index is 12.3. The maximum absolute atomic E-state index is 12.3. The smallest absolute Gasteiger partial charge is 0.240 e. The molecule has 0 bridgehead atoms. The lowest BCUT2D eigenvalue weighted by Gasteiger charge is -2.30. The van der Waals surface area contributed by atoms with Crippen LogP contribution in [0, 0.1) is 11.8 Å². The van der Waals surface area contributed by atoms with Crippen molar-refractivity contribution in [1.82, 2.24) is 10.2 Å². The van der Waals surface area contributed by atoms with Gasteiger partial charge in [-0.2, -0.15) is 0 Å². The Balaban J connectivity index is 1.70. The third-order valence-corrected chi connectivity index (χ3v) is 6.88. The lowest BCUT2D eigenvalue weighted by Crippen LogP contribution is -2.44. The average molecular weight is 300 g/mol. The summed E-state index contributed by atoms with van der Waals surface area (Å²) in [4.78, 5) is 14.3. The van der Waals surface area contributed by atoms with Crippen LogP contribution >= 0.6 is 0 Å². The molecule has 1 aliphatic carbocycles. The summed E-state index contributed by atoms with van der Waals surface area (Å²) in [6, 6.07) is -0.126. The van der Waals surface area contributed by atoms with Crippen molar-refractivity contribution in [3.8, 4) is 0 Å². The van der Waals surface area contributed by atoms with Crippen molar-refractivity contribution < 1.29 is 13.2 Å². The summed E-state index contributed by atoms with van der Waals surface area (Å²) in [5.41, 5.74) is 0. The van der Waals surface area contributed by atoms with Gasteiger partial charge >= 0.3 is 0 Å². The standard InChI is InChI=1S/C14H24N2O3S/c1-10-14(17)16(8-11-6-7-20(18,19)9-11)13(15-10)12-4-2-3-5-12/h10-13,15H,2-9H2,1H3. The van der Waals surface area contributed by atoms with Gasteiger partial charge in [-0.25, -0.2) is 8.42 Å². The van der Waals surface area contributed by atoms with Crippen molar-refractivity contribution in [1.29, 1.82) is 0 Å². The quantitative estimate of drug-likeness (QED) is 0.835. The zero-order chi connectivity index (χ0) is 14.3. The molecule has 3 aliphatic rings. The fourth-order valence-corrected chi connectivity index (χ4v) is 5.81. The minimum absolute atomic E-state index is 0.125. The molecular formula is C14H24N2O3S. The van der Waals surface area contributed by atoms with Gasteiger partial charge in [-0.05, 0) is 38.0 Å². The van der Waals surface area contributed by atoms with E-state index < -0.39 is 9.84 Å². The van der Waals surface area contributed by atoms with Gasteiger partial charge in [0.2, 0.25) is 5.91 Å². The fraction of sp³-hybridized carbons (Fsp3) is 0.929. The summed E-state index contributed by atoms with van der Waals surface area (Å²) in [7, 11) is -2.86. The molecule has 114 valence electrons. The Labute approximate surface area is 121 Å². The molecule has 3 rings (SSSR count). The topological polar surface area (TPSA) is 66.5 Å². The molecule has 1 amide bonds. The molecule has 0 spiro atoms. The molecular weight excluding hydrogens is 276 g/mol. The van der Waals surface area contributed by atoms with Gasteiger partial charge in [0.15, 0.2) is 9.84 Å². The van der Waals surface area contributed by atoms with Gasteiger partial charge in [-0.3, -0.25) is 10.1 Å². The number of rotatable bonds is 3. The number of amides is 1. The lowest BCUT2D eigenvalue weighted by atomic mass is 10.0. The van der Waals surface area contributed by atoms with Crippen LogP contribution in [0.4, 0.5) is 0 Å². The first-order valence-corrected chi connectivity index (χ1v) is 9.55. The van der Waals surface area contributed by atoms with Crippen LogP contribution in [0.25, 0.3) is 0 Å². The number of nitrogens with one attached hydrogen (secondary N) is 1. The van der Waals surface area contributed by atoms with E-state index in [4.69, 9.17) is 0 Å². The van der Waals surface area contributed by atoms with E-state index >= 15 is 0 Å². The molecule has 6 heteroatoms. The van der Waals surface area contributed by atoms with Gasteiger partial charge in [-0.1, -0.05) is 12.8 Å². The van der Waals surface area contributed by atoms with Crippen molar-refractivity contribution >= 4 is 15.7 Å². The maximum Gasteiger partial charge on any atom is 0.240 e. The van der Waals surface area contributed by atoms with Crippen molar-refractivity contribution in [2.75, 3.05) is 18.1 Å². The van der Waals surface area contributed by atoms with Gasteiger partial charge < -0.3 is 4.90 Å². The molecule has 1 saturated carbocycles. The minimum Gasteiger partial charge on any atom is -0.325 e. The third kappa shape index (κ3) is 2.72. The summed E-state index contributed by atoms with van der Waals surface area (Å²) >= 11 is 0. The minimum atomic E-state index is -2.86. The summed E-state index contributed by atoms with van der Waals surface area (Å²) in [5, 5.41) is 3.42. The third-order valence-electron chi connectivity index (χ3n) is 5.04.